The number of amides is 1. The smallest absolute Gasteiger partial charge is 0.355 e. The minimum absolute atomic E-state index is 0.0481. The summed E-state index contributed by atoms with van der Waals surface area (Å²) in [5.74, 6) is 0.567. The zero-order valence-electron chi connectivity index (χ0n) is 18.1. The molecule has 33 heavy (non-hydrogen) atoms. The van der Waals surface area contributed by atoms with Crippen molar-refractivity contribution in [3.05, 3.63) is 59.8 Å². The number of nitrogens with zero attached hydrogens (tertiary/aromatic N) is 7. The molecule has 0 unspecified atom stereocenters. The van der Waals surface area contributed by atoms with Crippen LogP contribution in [-0.2, 0) is 6.18 Å². The molecule has 0 N–H and O–H groups in total. The highest BCUT2D eigenvalue weighted by Crippen LogP contribution is 2.42. The summed E-state index contributed by atoms with van der Waals surface area (Å²) in [6, 6.07) is 5.86. The van der Waals surface area contributed by atoms with Crippen LogP contribution in [0.3, 0.4) is 0 Å². The van der Waals surface area contributed by atoms with E-state index in [-0.39, 0.29) is 23.7 Å². The lowest BCUT2D eigenvalue weighted by atomic mass is 10.0. The number of hydrogen-bond donors (Lipinski definition) is 0. The number of anilines is 1. The molecule has 3 aromatic rings. The number of pyridine rings is 2. The highest BCUT2D eigenvalue weighted by atomic mass is 19.4. The quantitative estimate of drug-likeness (QED) is 0.599. The summed E-state index contributed by atoms with van der Waals surface area (Å²) < 4.78 is 38.7. The van der Waals surface area contributed by atoms with Crippen LogP contribution in [0.5, 0.6) is 0 Å². The fourth-order valence-electron chi connectivity index (χ4n) is 4.92. The second-order valence-electron chi connectivity index (χ2n) is 8.58. The first kappa shape index (κ1) is 21.4. The average Bonchev–Trinajstić information content (AvgIpc) is 3.55. The second-order valence-corrected chi connectivity index (χ2v) is 8.58. The second kappa shape index (κ2) is 7.82. The van der Waals surface area contributed by atoms with Crippen LogP contribution in [0, 0.1) is 12.8 Å². The molecular formula is C22H22F3N7O. The van der Waals surface area contributed by atoms with Crippen molar-refractivity contribution in [3.63, 3.8) is 0 Å². The van der Waals surface area contributed by atoms with Crippen LogP contribution in [0.4, 0.5) is 19.0 Å². The molecule has 1 amide bonds. The maximum atomic E-state index is 13.6. The van der Waals surface area contributed by atoms with Crippen molar-refractivity contribution in [1.29, 1.82) is 0 Å². The van der Waals surface area contributed by atoms with Gasteiger partial charge in [0, 0.05) is 25.5 Å². The van der Waals surface area contributed by atoms with Crippen LogP contribution in [0.1, 0.15) is 34.6 Å². The highest BCUT2D eigenvalue weighted by molar-refractivity contribution is 5.96. The van der Waals surface area contributed by atoms with E-state index in [1.165, 1.54) is 23.3 Å². The summed E-state index contributed by atoms with van der Waals surface area (Å²) in [5.41, 5.74) is 0.719. The number of piperidine rings is 1. The third-order valence-electron chi connectivity index (χ3n) is 6.49. The molecule has 1 saturated carbocycles. The van der Waals surface area contributed by atoms with E-state index in [2.05, 4.69) is 20.2 Å². The van der Waals surface area contributed by atoms with Gasteiger partial charge < -0.3 is 9.80 Å². The van der Waals surface area contributed by atoms with Gasteiger partial charge in [-0.25, -0.2) is 9.97 Å². The van der Waals surface area contributed by atoms with Gasteiger partial charge in [-0.1, -0.05) is 0 Å². The molecule has 1 aliphatic carbocycles. The Balaban J connectivity index is 1.40. The topological polar surface area (TPSA) is 80.0 Å². The number of likely N-dealkylation sites (N-methyl/N-ethyl adjacent to an activating group) is 1. The number of carbonyl (C=O) groups excluding carboxylic acids is 1. The van der Waals surface area contributed by atoms with E-state index in [9.17, 15) is 18.0 Å². The molecule has 11 heteroatoms. The first-order chi connectivity index (χ1) is 15.7. The van der Waals surface area contributed by atoms with Crippen molar-refractivity contribution in [2.75, 3.05) is 18.5 Å². The van der Waals surface area contributed by atoms with E-state index in [0.717, 1.165) is 25.1 Å². The van der Waals surface area contributed by atoms with Crippen LogP contribution in [0.25, 0.3) is 5.69 Å². The molecule has 2 aliphatic rings. The molecule has 2 fully saturated rings. The van der Waals surface area contributed by atoms with Crippen LogP contribution in [0.2, 0.25) is 0 Å². The number of alkyl halides is 3. The Hall–Kier alpha value is -3.50. The standard InChI is InChI=1S/C22H22F3N7O/c1-13-3-5-16(32-27-7-8-28-32)20(29-13)21(33)31-12-14-9-17(18(31)10-14)30(2)19-6-4-15(11-26-19)22(23,24)25/h3-8,11,14,17-18H,9-10,12H2,1-2H3/t14-,17+,18-/m0/s1. The monoisotopic (exact) mass is 457 g/mol. The van der Waals surface area contributed by atoms with E-state index in [0.29, 0.717) is 29.7 Å². The van der Waals surface area contributed by atoms with Crippen LogP contribution in [0.15, 0.2) is 42.9 Å². The van der Waals surface area contributed by atoms with Crippen molar-refractivity contribution in [3.8, 4) is 5.69 Å². The zero-order valence-corrected chi connectivity index (χ0v) is 18.1. The first-order valence-electron chi connectivity index (χ1n) is 10.6. The normalized spacial score (nSPS) is 22.1. The third kappa shape index (κ3) is 3.81. The molecule has 172 valence electrons. The van der Waals surface area contributed by atoms with Gasteiger partial charge in [0.25, 0.3) is 5.91 Å². The number of aryl methyl sites for hydroxylation is 1. The lowest BCUT2D eigenvalue weighted by Crippen LogP contribution is -2.51. The van der Waals surface area contributed by atoms with E-state index >= 15 is 0 Å². The number of fused-ring (bicyclic) bond motifs is 2. The van der Waals surface area contributed by atoms with E-state index < -0.39 is 11.7 Å². The molecule has 1 saturated heterocycles. The minimum Gasteiger partial charge on any atom is -0.355 e. The molecule has 3 aromatic heterocycles. The molecule has 8 nitrogen and oxygen atoms in total. The van der Waals surface area contributed by atoms with Gasteiger partial charge in [-0.05, 0) is 49.9 Å². The van der Waals surface area contributed by atoms with Crippen molar-refractivity contribution < 1.29 is 18.0 Å². The van der Waals surface area contributed by atoms with Crippen LogP contribution < -0.4 is 4.90 Å². The van der Waals surface area contributed by atoms with Gasteiger partial charge in [-0.3, -0.25) is 4.79 Å². The molecule has 5 rings (SSSR count). The number of rotatable bonds is 4. The fourth-order valence-corrected chi connectivity index (χ4v) is 4.92. The summed E-state index contributed by atoms with van der Waals surface area (Å²) in [5, 5.41) is 8.28. The molecule has 0 spiro atoms. The minimum atomic E-state index is -4.43. The summed E-state index contributed by atoms with van der Waals surface area (Å²) in [4.78, 5) is 27.2. The Labute approximate surface area is 188 Å². The first-order valence-corrected chi connectivity index (χ1v) is 10.6. The fraction of sp³-hybridized carbons (Fsp3) is 0.409. The zero-order chi connectivity index (χ0) is 23.3. The molecule has 3 atom stereocenters. The molecule has 2 bridgehead atoms. The van der Waals surface area contributed by atoms with Gasteiger partial charge in [0.05, 0.1) is 30.0 Å². The van der Waals surface area contributed by atoms with Gasteiger partial charge in [0.15, 0.2) is 5.69 Å². The molecule has 4 heterocycles. The van der Waals surface area contributed by atoms with Crippen LogP contribution in [-0.4, -0.2) is 61.4 Å². The van der Waals surface area contributed by atoms with Crippen molar-refractivity contribution in [2.24, 2.45) is 5.92 Å². The van der Waals surface area contributed by atoms with Crippen molar-refractivity contribution in [1.82, 2.24) is 29.9 Å². The van der Waals surface area contributed by atoms with E-state index in [1.54, 1.807) is 12.1 Å². The van der Waals surface area contributed by atoms with Gasteiger partial charge >= 0.3 is 6.18 Å². The van der Waals surface area contributed by atoms with Gasteiger partial charge in [-0.2, -0.15) is 23.4 Å². The predicted octanol–water partition coefficient (Wildman–Crippen LogP) is 3.12. The maximum absolute atomic E-state index is 13.6. The summed E-state index contributed by atoms with van der Waals surface area (Å²) in [6.45, 7) is 2.44. The van der Waals surface area contributed by atoms with Gasteiger partial charge in [0.2, 0.25) is 0 Å². The summed E-state index contributed by atoms with van der Waals surface area (Å²) in [7, 11) is 1.81. The average molecular weight is 457 g/mol. The Morgan fingerprint density at radius 1 is 1.12 bits per heavy atom. The Kier molecular flexibility index (Phi) is 5.06. The number of aromatic nitrogens is 5. The van der Waals surface area contributed by atoms with Crippen molar-refractivity contribution in [2.45, 2.75) is 38.0 Å². The molecule has 0 aromatic carbocycles. The number of halogens is 3. The Bertz CT molecular complexity index is 1160. The lowest BCUT2D eigenvalue weighted by molar-refractivity contribution is -0.137. The molecule has 0 radical (unpaired) electrons. The van der Waals surface area contributed by atoms with Crippen LogP contribution >= 0.6 is 0 Å². The molecule has 1 aliphatic heterocycles. The lowest BCUT2D eigenvalue weighted by Gasteiger charge is -2.38. The summed E-state index contributed by atoms with van der Waals surface area (Å²) >= 11 is 0. The predicted molar refractivity (Wildman–Crippen MR) is 113 cm³/mol. The summed E-state index contributed by atoms with van der Waals surface area (Å²) in [6.07, 6.45) is 1.18. The third-order valence-corrected chi connectivity index (χ3v) is 6.49. The van der Waals surface area contributed by atoms with Gasteiger partial charge in [-0.15, -0.1) is 4.80 Å². The Morgan fingerprint density at radius 2 is 1.88 bits per heavy atom. The number of hydrogen-bond acceptors (Lipinski definition) is 6. The maximum Gasteiger partial charge on any atom is 0.417 e. The molecular weight excluding hydrogens is 435 g/mol. The highest BCUT2D eigenvalue weighted by Gasteiger charge is 2.49. The van der Waals surface area contributed by atoms with Crippen molar-refractivity contribution >= 4 is 11.7 Å². The van der Waals surface area contributed by atoms with E-state index in [4.69, 9.17) is 0 Å². The Morgan fingerprint density at radius 3 is 2.52 bits per heavy atom. The largest absolute Gasteiger partial charge is 0.417 e. The number of likely N-dealkylation sites (tertiary alicyclic amines) is 1. The number of carbonyl (C=O) groups is 1. The van der Waals surface area contributed by atoms with Gasteiger partial charge in [0.1, 0.15) is 11.5 Å². The van der Waals surface area contributed by atoms with E-state index in [1.807, 2.05) is 23.8 Å². The SMILES string of the molecule is Cc1ccc(-n2nccn2)c(C(=O)N2C[C@H]3C[C@@H](N(C)c4ccc(C(F)(F)F)cn4)[C@@H]2C3)n1.